The lowest BCUT2D eigenvalue weighted by molar-refractivity contribution is -0.108. The molecule has 8 nitrogen and oxygen atoms in total. The largest absolute Gasteiger partial charge is 0.380 e. The molecule has 0 aliphatic heterocycles. The molecule has 1 atom stereocenters. The first-order valence-electron chi connectivity index (χ1n) is 9.62. The molecule has 4 rings (SSSR count). The maximum atomic E-state index is 15.3. The van der Waals surface area contributed by atoms with Crippen molar-refractivity contribution in [3.8, 4) is 11.1 Å². The molecule has 1 unspecified atom stereocenters. The molecule has 4 aromatic rings. The third-order valence-electron chi connectivity index (χ3n) is 4.90. The van der Waals surface area contributed by atoms with Gasteiger partial charge in [-0.25, -0.2) is 22.1 Å². The van der Waals surface area contributed by atoms with Gasteiger partial charge in [-0.2, -0.15) is 4.98 Å². The average Bonchev–Trinajstić information content (AvgIpc) is 3.17. The average molecular weight is 495 g/mol. The fraction of sp³-hybridized carbons (Fsp3) is 0.143. The van der Waals surface area contributed by atoms with Crippen molar-refractivity contribution in [2.75, 3.05) is 12.3 Å². The molecule has 3 aromatic heterocycles. The van der Waals surface area contributed by atoms with Crippen molar-refractivity contribution in [3.05, 3.63) is 76.7 Å². The van der Waals surface area contributed by atoms with Gasteiger partial charge in [0.25, 0.3) is 11.8 Å². The van der Waals surface area contributed by atoms with Gasteiger partial charge in [-0.1, -0.05) is 11.6 Å². The molecule has 0 aliphatic rings. The Kier molecular flexibility index (Phi) is 6.11. The molecule has 0 spiro atoms. The molecule has 34 heavy (non-hydrogen) atoms. The van der Waals surface area contributed by atoms with E-state index >= 15 is 4.39 Å². The molecule has 176 valence electrons. The van der Waals surface area contributed by atoms with Crippen molar-refractivity contribution in [2.24, 2.45) is 0 Å². The van der Waals surface area contributed by atoms with Crippen LogP contribution in [0.2, 0.25) is 5.02 Å². The number of aliphatic hydroxyl groups excluding tert-OH is 1. The first-order valence-corrected chi connectivity index (χ1v) is 10.0. The fourth-order valence-electron chi connectivity index (χ4n) is 3.20. The monoisotopic (exact) mass is 494 g/mol. The predicted molar refractivity (Wildman–Crippen MR) is 114 cm³/mol. The van der Waals surface area contributed by atoms with Gasteiger partial charge >= 0.3 is 0 Å². The molecule has 0 saturated heterocycles. The number of carbonyl (C=O) groups is 1. The number of carbonyl (C=O) groups excluding carboxylic acids is 1. The number of rotatable bonds is 6. The highest BCUT2D eigenvalue weighted by molar-refractivity contribution is 6.34. The molecule has 1 aromatic carbocycles. The summed E-state index contributed by atoms with van der Waals surface area (Å²) in [6.45, 7) is -1.36. The Balaban J connectivity index is 1.57. The number of nitrogens with two attached hydrogens (primary N) is 1. The summed E-state index contributed by atoms with van der Waals surface area (Å²) in [5.74, 6) is -6.95. The van der Waals surface area contributed by atoms with E-state index in [0.717, 1.165) is 12.1 Å². The number of nitrogens with zero attached hydrogens (tertiary/aromatic N) is 4. The third kappa shape index (κ3) is 4.50. The van der Waals surface area contributed by atoms with Gasteiger partial charge in [0.1, 0.15) is 11.6 Å². The van der Waals surface area contributed by atoms with Crippen LogP contribution in [0.4, 0.5) is 23.5 Å². The highest BCUT2D eigenvalue weighted by atomic mass is 35.5. The summed E-state index contributed by atoms with van der Waals surface area (Å²) < 4.78 is 58.4. The van der Waals surface area contributed by atoms with Gasteiger partial charge in [-0.3, -0.25) is 9.78 Å². The minimum absolute atomic E-state index is 0.00717. The van der Waals surface area contributed by atoms with E-state index in [1.807, 2.05) is 5.32 Å². The number of aromatic nitrogens is 4. The van der Waals surface area contributed by atoms with Gasteiger partial charge in [0.2, 0.25) is 5.95 Å². The van der Waals surface area contributed by atoms with Crippen LogP contribution in [0, 0.1) is 11.6 Å². The van der Waals surface area contributed by atoms with Crippen LogP contribution in [-0.4, -0.2) is 43.1 Å². The normalized spacial score (nSPS) is 12.6. The maximum absolute atomic E-state index is 15.3. The van der Waals surface area contributed by atoms with E-state index in [9.17, 15) is 23.1 Å². The van der Waals surface area contributed by atoms with Crippen LogP contribution in [0.5, 0.6) is 0 Å². The number of anilines is 1. The zero-order valence-corrected chi connectivity index (χ0v) is 17.8. The van der Waals surface area contributed by atoms with E-state index in [-0.39, 0.29) is 16.5 Å². The lowest BCUT2D eigenvalue weighted by Gasteiger charge is -2.22. The lowest BCUT2D eigenvalue weighted by atomic mass is 10.0. The molecule has 4 N–H and O–H groups in total. The molecule has 0 fully saturated rings. The number of amides is 1. The quantitative estimate of drug-likeness (QED) is 0.354. The van der Waals surface area contributed by atoms with Crippen LogP contribution in [0.3, 0.4) is 0 Å². The summed E-state index contributed by atoms with van der Waals surface area (Å²) >= 11 is 5.98. The molecule has 0 radical (unpaired) electrons. The first kappa shape index (κ1) is 23.4. The van der Waals surface area contributed by atoms with E-state index in [0.29, 0.717) is 17.4 Å². The van der Waals surface area contributed by atoms with E-state index in [1.165, 1.54) is 35.0 Å². The van der Waals surface area contributed by atoms with Gasteiger partial charge in [-0.15, -0.1) is 5.10 Å². The van der Waals surface area contributed by atoms with Crippen molar-refractivity contribution >= 4 is 29.1 Å². The van der Waals surface area contributed by atoms with Gasteiger partial charge in [0.05, 0.1) is 29.0 Å². The van der Waals surface area contributed by atoms with E-state index in [1.54, 1.807) is 0 Å². The topological polar surface area (TPSA) is 118 Å². The van der Waals surface area contributed by atoms with Gasteiger partial charge in [0.15, 0.2) is 11.8 Å². The minimum Gasteiger partial charge on any atom is -0.380 e. The molecule has 0 aliphatic carbocycles. The molecule has 0 saturated carbocycles. The molecule has 1 amide bonds. The standard InChI is InChI=1S/C21H15ClF4N6O2/c22-13-3-2-12(10-5-6-32-15(7-10)30-20(27)31-32)17(24)16(13)19(34)29-9-21(25,26)18(33)14-4-1-11(23)8-28-14/h1-8,18,33H,9H2,(H2,27,31)(H,29,34). The van der Waals surface area contributed by atoms with Crippen LogP contribution in [-0.2, 0) is 0 Å². The number of hydrogen-bond acceptors (Lipinski definition) is 6. The molecule has 3 heterocycles. The van der Waals surface area contributed by atoms with Gasteiger partial charge in [0, 0.05) is 11.8 Å². The van der Waals surface area contributed by atoms with Crippen LogP contribution in [0.1, 0.15) is 22.2 Å². The number of fused-ring (bicyclic) bond motifs is 1. The van der Waals surface area contributed by atoms with Crippen LogP contribution >= 0.6 is 11.6 Å². The Hall–Kier alpha value is -3.77. The maximum Gasteiger partial charge on any atom is 0.295 e. The second kappa shape index (κ2) is 8.88. The highest BCUT2D eigenvalue weighted by Crippen LogP contribution is 2.32. The van der Waals surface area contributed by atoms with Crippen LogP contribution in [0.25, 0.3) is 16.8 Å². The highest BCUT2D eigenvalue weighted by Gasteiger charge is 2.41. The summed E-state index contributed by atoms with van der Waals surface area (Å²) in [7, 11) is 0. The lowest BCUT2D eigenvalue weighted by Crippen LogP contribution is -2.41. The van der Waals surface area contributed by atoms with Gasteiger partial charge in [-0.05, 0) is 42.0 Å². The van der Waals surface area contributed by atoms with Crippen molar-refractivity contribution < 1.29 is 27.5 Å². The van der Waals surface area contributed by atoms with E-state index < -0.39 is 47.4 Å². The van der Waals surface area contributed by atoms with Crippen molar-refractivity contribution in [1.82, 2.24) is 24.9 Å². The smallest absolute Gasteiger partial charge is 0.295 e. The molecule has 13 heteroatoms. The number of halogens is 5. The Morgan fingerprint density at radius 3 is 2.71 bits per heavy atom. The molecular weight excluding hydrogens is 480 g/mol. The number of hydrogen-bond donors (Lipinski definition) is 3. The number of aliphatic hydroxyl groups is 1. The van der Waals surface area contributed by atoms with Crippen LogP contribution < -0.4 is 11.1 Å². The van der Waals surface area contributed by atoms with E-state index in [4.69, 9.17) is 17.3 Å². The number of alkyl halides is 2. The van der Waals surface area contributed by atoms with Crippen molar-refractivity contribution in [1.29, 1.82) is 0 Å². The fourth-order valence-corrected chi connectivity index (χ4v) is 3.43. The molecule has 0 bridgehead atoms. The summed E-state index contributed by atoms with van der Waals surface area (Å²) in [5.41, 5.74) is 4.96. The number of nitrogen functional groups attached to an aromatic ring is 1. The molecular formula is C21H15ClF4N6O2. The predicted octanol–water partition coefficient (Wildman–Crippen LogP) is 3.40. The van der Waals surface area contributed by atoms with Gasteiger partial charge < -0.3 is 16.2 Å². The minimum atomic E-state index is -3.90. The first-order chi connectivity index (χ1) is 16.1. The summed E-state index contributed by atoms with van der Waals surface area (Å²) in [5, 5.41) is 15.4. The summed E-state index contributed by atoms with van der Waals surface area (Å²) in [4.78, 5) is 20.0. The Morgan fingerprint density at radius 1 is 1.24 bits per heavy atom. The zero-order valence-electron chi connectivity index (χ0n) is 17.0. The number of nitrogens with one attached hydrogen (secondary N) is 1. The second-order valence-electron chi connectivity index (χ2n) is 7.22. The Morgan fingerprint density at radius 2 is 2.00 bits per heavy atom. The van der Waals surface area contributed by atoms with E-state index in [2.05, 4.69) is 15.1 Å². The summed E-state index contributed by atoms with van der Waals surface area (Å²) in [6, 6.07) is 7.26. The van der Waals surface area contributed by atoms with Crippen LogP contribution in [0.15, 0.2) is 48.8 Å². The SMILES string of the molecule is Nc1nc2cc(-c3ccc(Cl)c(C(=O)NCC(F)(F)C(O)c4ccc(F)cn4)c3F)ccn2n1. The van der Waals surface area contributed by atoms with Crippen molar-refractivity contribution in [2.45, 2.75) is 12.0 Å². The Bertz CT molecular complexity index is 1380. The number of benzene rings is 1. The summed E-state index contributed by atoms with van der Waals surface area (Å²) in [6.07, 6.45) is -0.297. The third-order valence-corrected chi connectivity index (χ3v) is 5.21. The Labute approximate surface area is 194 Å². The number of pyridine rings is 2. The second-order valence-corrected chi connectivity index (χ2v) is 7.63. The zero-order chi connectivity index (χ0) is 24.6. The van der Waals surface area contributed by atoms with Crippen molar-refractivity contribution in [3.63, 3.8) is 0 Å².